The first kappa shape index (κ1) is 58.0. The fraction of sp³-hybridized carbons (Fsp3) is 0.246. The first-order chi connectivity index (χ1) is 37.9. The molecule has 7 aromatic rings. The summed E-state index contributed by atoms with van der Waals surface area (Å²) < 4.78 is 3.33. The number of ether oxygens (including phenoxy) is 1. The van der Waals surface area contributed by atoms with Gasteiger partial charge in [0.05, 0.1) is 29.1 Å². The molecule has 0 fully saturated rings. The van der Waals surface area contributed by atoms with Crippen molar-refractivity contribution < 1.29 is 33.8 Å². The highest BCUT2D eigenvalue weighted by Gasteiger charge is 2.40. The Kier molecular flexibility index (Phi) is 21.7. The third-order valence-corrected chi connectivity index (χ3v) is 16.6. The summed E-state index contributed by atoms with van der Waals surface area (Å²) >= 11 is 3.25. The molecule has 0 saturated heterocycles. The number of aliphatic hydroxyl groups excluding tert-OH is 1. The number of hydrogen-bond donors (Lipinski definition) is 5. The van der Waals surface area contributed by atoms with Crippen LogP contribution in [0.5, 0.6) is 0 Å². The molecule has 11 nitrogen and oxygen atoms in total. The first-order valence-electron chi connectivity index (χ1n) is 26.2. The minimum atomic E-state index is -1.27. The van der Waals surface area contributed by atoms with Gasteiger partial charge in [0.15, 0.2) is 0 Å². The van der Waals surface area contributed by atoms with Gasteiger partial charge in [0, 0.05) is 12.2 Å². The van der Waals surface area contributed by atoms with Crippen LogP contribution in [-0.2, 0) is 44.6 Å². The van der Waals surface area contributed by atoms with Crippen molar-refractivity contribution >= 4 is 53.1 Å². The maximum Gasteiger partial charge on any atom is 0.325 e. The van der Waals surface area contributed by atoms with Crippen LogP contribution in [0.2, 0.25) is 0 Å². The van der Waals surface area contributed by atoms with Gasteiger partial charge in [-0.1, -0.05) is 238 Å². The van der Waals surface area contributed by atoms with Gasteiger partial charge in [-0.25, -0.2) is 0 Å². The van der Waals surface area contributed by atoms with E-state index in [2.05, 4.69) is 94.1 Å². The summed E-state index contributed by atoms with van der Waals surface area (Å²) in [6.45, 7) is 3.12. The second-order valence-corrected chi connectivity index (χ2v) is 21.6. The smallest absolute Gasteiger partial charge is 0.325 e. The summed E-state index contributed by atoms with van der Waals surface area (Å²) in [6, 6.07) is 66.7. The quantitative estimate of drug-likeness (QED) is 0.0146. The molecule has 0 bridgehead atoms. The number of amides is 4. The molecule has 0 saturated carbocycles. The molecule has 4 amide bonds. The molecule has 13 heteroatoms. The van der Waals surface area contributed by atoms with Gasteiger partial charge in [0.1, 0.15) is 24.7 Å². The second kappa shape index (κ2) is 29.1. The Morgan fingerprint density at radius 2 is 0.923 bits per heavy atom. The number of aliphatic hydroxyl groups is 1. The van der Waals surface area contributed by atoms with E-state index in [0.717, 1.165) is 38.9 Å². The number of hydrogen-bond acceptors (Lipinski definition) is 9. The lowest BCUT2D eigenvalue weighted by atomic mass is 9.84. The Bertz CT molecular complexity index is 2820. The van der Waals surface area contributed by atoms with Crippen LogP contribution in [0.25, 0.3) is 0 Å². The highest BCUT2D eigenvalue weighted by atomic mass is 32.2. The average molecular weight is 1080 g/mol. The van der Waals surface area contributed by atoms with Crippen molar-refractivity contribution in [2.75, 3.05) is 25.2 Å². The molecular weight excluding hydrogens is 1010 g/mol. The Morgan fingerprint density at radius 1 is 0.526 bits per heavy atom. The molecule has 0 heterocycles. The molecular formula is C65H68N4O7S2. The average Bonchev–Trinajstić information content (AvgIpc) is 3.50. The van der Waals surface area contributed by atoms with Crippen molar-refractivity contribution in [1.29, 1.82) is 0 Å². The van der Waals surface area contributed by atoms with Gasteiger partial charge in [-0.3, -0.25) is 24.0 Å². The van der Waals surface area contributed by atoms with Crippen molar-refractivity contribution in [2.45, 2.75) is 66.8 Å². The minimum Gasteiger partial charge on any atom is -0.468 e. The van der Waals surface area contributed by atoms with Crippen LogP contribution in [0.3, 0.4) is 0 Å². The third-order valence-electron chi connectivity index (χ3n) is 13.4. The first-order valence-corrected chi connectivity index (χ1v) is 28.2. The summed E-state index contributed by atoms with van der Waals surface area (Å²) in [4.78, 5) is 69.3. The summed E-state index contributed by atoms with van der Waals surface area (Å²) in [5.41, 5.74) is 6.98. The molecule has 78 heavy (non-hydrogen) atoms. The van der Waals surface area contributed by atoms with Crippen molar-refractivity contribution in [3.63, 3.8) is 0 Å². The number of thioether (sulfide) groups is 2. The predicted octanol–water partition coefficient (Wildman–Crippen LogP) is 9.78. The number of allylic oxidation sites excluding steroid dienone is 1. The summed E-state index contributed by atoms with van der Waals surface area (Å²) in [5.74, 6) is -2.85. The van der Waals surface area contributed by atoms with Crippen molar-refractivity contribution in [2.24, 2.45) is 5.92 Å². The van der Waals surface area contributed by atoms with Gasteiger partial charge in [-0.15, -0.1) is 23.5 Å². The van der Waals surface area contributed by atoms with Crippen LogP contribution in [-0.4, -0.2) is 84.1 Å². The lowest BCUT2D eigenvalue weighted by Crippen LogP contribution is -2.59. The van der Waals surface area contributed by atoms with Gasteiger partial charge in [-0.05, 0) is 57.0 Å². The molecule has 0 radical (unpaired) electrons. The zero-order valence-electron chi connectivity index (χ0n) is 44.2. The third kappa shape index (κ3) is 15.3. The molecule has 0 aliphatic carbocycles. The van der Waals surface area contributed by atoms with Gasteiger partial charge >= 0.3 is 5.97 Å². The van der Waals surface area contributed by atoms with Gasteiger partial charge in [-0.2, -0.15) is 0 Å². The normalized spacial score (nSPS) is 13.1. The van der Waals surface area contributed by atoms with E-state index in [1.807, 2.05) is 146 Å². The molecule has 0 aromatic heterocycles. The molecule has 0 aliphatic heterocycles. The highest BCUT2D eigenvalue weighted by molar-refractivity contribution is 8.00. The molecule has 0 spiro atoms. The van der Waals surface area contributed by atoms with E-state index >= 15 is 0 Å². The summed E-state index contributed by atoms with van der Waals surface area (Å²) in [7, 11) is 1.21. The molecule has 402 valence electrons. The van der Waals surface area contributed by atoms with E-state index in [9.17, 15) is 29.1 Å². The number of carbonyl (C=O) groups is 5. The van der Waals surface area contributed by atoms with E-state index < -0.39 is 75.8 Å². The van der Waals surface area contributed by atoms with Crippen LogP contribution in [0.4, 0.5) is 0 Å². The molecule has 0 unspecified atom stereocenters. The zero-order valence-corrected chi connectivity index (χ0v) is 45.8. The zero-order chi connectivity index (χ0) is 55.2. The van der Waals surface area contributed by atoms with Crippen molar-refractivity contribution in [1.82, 2.24) is 21.3 Å². The van der Waals surface area contributed by atoms with Gasteiger partial charge in [0.2, 0.25) is 23.6 Å². The van der Waals surface area contributed by atoms with E-state index in [1.54, 1.807) is 31.7 Å². The topological polar surface area (TPSA) is 163 Å². The van der Waals surface area contributed by atoms with Crippen LogP contribution < -0.4 is 21.3 Å². The standard InChI is InChI=1S/C65H68N4O7S2/c1-47(2)60(63(75)66-45-59(72)76-3)69-62(74)57(46-78-65(52-35-19-8-20-36-52,53-37-21-9-22-38-53)54-39-23-10-24-40-54)68-61(73)56(43-48-27-11-4-12-28-48)67-58(71)44-55(70)41-25-26-42-77-64(49-29-13-5-14-30-49,50-31-15-6-16-32-50)51-33-17-7-18-34-51/h4-25,27-41,47,55-57,60,70H,26,42-46H2,1-3H3,(H,66,75)(H,67,71)(H,68,73)(H,69,74)/t55-,56-,57-,60-/m1/s1. The minimum absolute atomic E-state index is 0.00180. The fourth-order valence-corrected chi connectivity index (χ4v) is 12.5. The molecule has 7 rings (SSSR count). The highest BCUT2D eigenvalue weighted by Crippen LogP contribution is 2.50. The SMILES string of the molecule is COC(=O)CNC(=O)[C@H](NC(=O)[C@@H](CSC(c1ccccc1)(c1ccccc1)c1ccccc1)NC(=O)[C@@H](Cc1ccccc1)NC(=O)C[C@H](O)C=CCCSC(c1ccccc1)(c1ccccc1)c1ccccc1)C(C)C. The monoisotopic (exact) mass is 1080 g/mol. The van der Waals surface area contributed by atoms with Gasteiger partial charge in [0.25, 0.3) is 0 Å². The van der Waals surface area contributed by atoms with Crippen LogP contribution in [0.15, 0.2) is 224 Å². The molecule has 5 N–H and O–H groups in total. The largest absolute Gasteiger partial charge is 0.468 e. The maximum absolute atomic E-state index is 14.9. The van der Waals surface area contributed by atoms with Crippen LogP contribution in [0, 0.1) is 5.92 Å². The van der Waals surface area contributed by atoms with E-state index in [0.29, 0.717) is 12.2 Å². The maximum atomic E-state index is 14.9. The van der Waals surface area contributed by atoms with E-state index in [1.165, 1.54) is 18.9 Å². The van der Waals surface area contributed by atoms with E-state index in [-0.39, 0.29) is 18.6 Å². The number of nitrogens with one attached hydrogen (secondary N) is 4. The van der Waals surface area contributed by atoms with Gasteiger partial charge < -0.3 is 31.1 Å². The fourth-order valence-electron chi connectivity index (χ4n) is 9.43. The Labute approximate surface area is 467 Å². The number of carbonyl (C=O) groups excluding carboxylic acids is 5. The lowest BCUT2D eigenvalue weighted by Gasteiger charge is -2.37. The summed E-state index contributed by atoms with van der Waals surface area (Å²) in [6.07, 6.45) is 2.68. The Balaban J connectivity index is 1.12. The van der Waals surface area contributed by atoms with Crippen LogP contribution in [0.1, 0.15) is 65.6 Å². The molecule has 7 aromatic carbocycles. The Morgan fingerprint density at radius 3 is 1.33 bits per heavy atom. The van der Waals surface area contributed by atoms with Crippen molar-refractivity contribution in [3.05, 3.63) is 263 Å². The molecule has 0 aliphatic rings. The van der Waals surface area contributed by atoms with Crippen LogP contribution >= 0.6 is 23.5 Å². The number of methoxy groups -OCH3 is 1. The second-order valence-electron chi connectivity index (χ2n) is 19.1. The predicted molar refractivity (Wildman–Crippen MR) is 314 cm³/mol. The molecule has 4 atom stereocenters. The summed E-state index contributed by atoms with van der Waals surface area (Å²) in [5, 5.41) is 22.6. The number of rotatable bonds is 27. The number of benzene rings is 7. The Hall–Kier alpha value is -7.71. The van der Waals surface area contributed by atoms with E-state index in [4.69, 9.17) is 4.74 Å². The number of esters is 1. The lowest BCUT2D eigenvalue weighted by molar-refractivity contribution is -0.141. The van der Waals surface area contributed by atoms with Crippen molar-refractivity contribution in [3.8, 4) is 0 Å².